The van der Waals surface area contributed by atoms with Gasteiger partial charge in [0.2, 0.25) is 5.89 Å². The van der Waals surface area contributed by atoms with Crippen molar-refractivity contribution >= 4 is 6.01 Å². The first-order valence-electron chi connectivity index (χ1n) is 8.81. The minimum Gasteiger partial charge on any atom is -0.497 e. The molecular weight excluding hydrogens is 318 g/mol. The first kappa shape index (κ1) is 17.6. The van der Waals surface area contributed by atoms with Gasteiger partial charge in [-0.05, 0) is 25.0 Å². The van der Waals surface area contributed by atoms with Crippen LogP contribution in [0.3, 0.4) is 0 Å². The first-order chi connectivity index (χ1) is 12.0. The molecule has 0 N–H and O–H groups in total. The number of piperidine rings is 1. The molecule has 0 spiro atoms. The maximum atomic E-state index is 5.96. The fraction of sp³-hybridized carbons (Fsp3) is 0.579. The molecule has 6 heteroatoms. The maximum absolute atomic E-state index is 5.96. The minimum absolute atomic E-state index is 0.129. The van der Waals surface area contributed by atoms with Gasteiger partial charge in [-0.1, -0.05) is 31.9 Å². The highest BCUT2D eigenvalue weighted by Crippen LogP contribution is 2.27. The van der Waals surface area contributed by atoms with Crippen molar-refractivity contribution in [2.24, 2.45) is 5.92 Å². The van der Waals surface area contributed by atoms with Crippen LogP contribution in [-0.4, -0.2) is 37.0 Å². The third-order valence-corrected chi connectivity index (χ3v) is 4.37. The van der Waals surface area contributed by atoms with Crippen LogP contribution in [0.2, 0.25) is 0 Å². The van der Waals surface area contributed by atoms with E-state index >= 15 is 0 Å². The molecule has 1 saturated heterocycles. The fourth-order valence-corrected chi connectivity index (χ4v) is 2.93. The lowest BCUT2D eigenvalue weighted by Gasteiger charge is -2.31. The zero-order chi connectivity index (χ0) is 17.9. The largest absolute Gasteiger partial charge is 0.497 e. The Labute approximate surface area is 149 Å². The normalized spacial score (nSPS) is 18.2. The summed E-state index contributed by atoms with van der Waals surface area (Å²) in [6.07, 6.45) is 2.24. The monoisotopic (exact) mass is 345 g/mol. The molecule has 2 aromatic rings. The van der Waals surface area contributed by atoms with Gasteiger partial charge in [-0.25, -0.2) is 0 Å². The van der Waals surface area contributed by atoms with Crippen molar-refractivity contribution in [3.8, 4) is 11.5 Å². The van der Waals surface area contributed by atoms with E-state index in [0.717, 1.165) is 37.4 Å². The van der Waals surface area contributed by atoms with Gasteiger partial charge < -0.3 is 18.8 Å². The Morgan fingerprint density at radius 1 is 1.24 bits per heavy atom. The Morgan fingerprint density at radius 3 is 2.76 bits per heavy atom. The number of hydrogen-bond donors (Lipinski definition) is 0. The van der Waals surface area contributed by atoms with Gasteiger partial charge in [-0.15, -0.1) is 5.10 Å². The molecule has 25 heavy (non-hydrogen) atoms. The lowest BCUT2D eigenvalue weighted by atomic mass is 9.97. The zero-order valence-electron chi connectivity index (χ0n) is 15.5. The van der Waals surface area contributed by atoms with Gasteiger partial charge in [0.05, 0.1) is 13.7 Å². The number of benzene rings is 1. The molecule has 6 nitrogen and oxygen atoms in total. The van der Waals surface area contributed by atoms with Gasteiger partial charge >= 0.3 is 6.01 Å². The van der Waals surface area contributed by atoms with E-state index < -0.39 is 0 Å². The van der Waals surface area contributed by atoms with Crippen molar-refractivity contribution in [3.05, 3.63) is 30.2 Å². The van der Waals surface area contributed by atoms with Crippen LogP contribution < -0.4 is 14.4 Å². The van der Waals surface area contributed by atoms with Gasteiger partial charge in [0.1, 0.15) is 11.5 Å². The number of anilines is 1. The highest BCUT2D eigenvalue weighted by molar-refractivity contribution is 5.33. The van der Waals surface area contributed by atoms with Crippen molar-refractivity contribution in [1.29, 1.82) is 0 Å². The van der Waals surface area contributed by atoms with E-state index in [-0.39, 0.29) is 5.41 Å². The summed E-state index contributed by atoms with van der Waals surface area (Å²) in [5, 5.41) is 8.43. The number of methoxy groups -OCH3 is 1. The van der Waals surface area contributed by atoms with E-state index in [4.69, 9.17) is 13.9 Å². The SMILES string of the molecule is COc1cccc(OC[C@@H]2CCCN(c3nnc(C(C)(C)C)o3)C2)c1. The molecular formula is C19H27N3O3. The van der Waals surface area contributed by atoms with Crippen LogP contribution in [0.1, 0.15) is 39.5 Å². The highest BCUT2D eigenvalue weighted by atomic mass is 16.5. The van der Waals surface area contributed by atoms with Crippen molar-refractivity contribution in [3.63, 3.8) is 0 Å². The zero-order valence-corrected chi connectivity index (χ0v) is 15.5. The van der Waals surface area contributed by atoms with E-state index in [0.29, 0.717) is 24.4 Å². The van der Waals surface area contributed by atoms with Crippen molar-refractivity contribution in [2.75, 3.05) is 31.7 Å². The molecule has 1 aliphatic rings. The lowest BCUT2D eigenvalue weighted by molar-refractivity contribution is 0.225. The van der Waals surface area contributed by atoms with E-state index in [1.54, 1.807) is 7.11 Å². The summed E-state index contributed by atoms with van der Waals surface area (Å²) in [6.45, 7) is 8.71. The average molecular weight is 345 g/mol. The second-order valence-corrected chi connectivity index (χ2v) is 7.58. The van der Waals surface area contributed by atoms with Gasteiger partial charge in [-0.2, -0.15) is 0 Å². The predicted molar refractivity (Wildman–Crippen MR) is 96.4 cm³/mol. The second-order valence-electron chi connectivity index (χ2n) is 7.58. The molecule has 3 rings (SSSR count). The summed E-state index contributed by atoms with van der Waals surface area (Å²) < 4.78 is 17.1. The molecule has 1 aromatic heterocycles. The smallest absolute Gasteiger partial charge is 0.318 e. The van der Waals surface area contributed by atoms with Crippen LogP contribution in [0.5, 0.6) is 11.5 Å². The van der Waals surface area contributed by atoms with Crippen LogP contribution in [0.15, 0.2) is 28.7 Å². The molecule has 0 unspecified atom stereocenters. The molecule has 0 bridgehead atoms. The molecule has 2 heterocycles. The van der Waals surface area contributed by atoms with E-state index in [2.05, 4.69) is 35.9 Å². The fourth-order valence-electron chi connectivity index (χ4n) is 2.93. The average Bonchev–Trinajstić information content (AvgIpc) is 3.11. The quantitative estimate of drug-likeness (QED) is 0.824. The summed E-state index contributed by atoms with van der Waals surface area (Å²) in [7, 11) is 1.66. The Kier molecular flexibility index (Phi) is 5.16. The number of hydrogen-bond acceptors (Lipinski definition) is 6. The maximum Gasteiger partial charge on any atom is 0.318 e. The molecule has 1 atom stereocenters. The molecule has 0 amide bonds. The number of aromatic nitrogens is 2. The highest BCUT2D eigenvalue weighted by Gasteiger charge is 2.27. The van der Waals surface area contributed by atoms with Gasteiger partial charge in [0.25, 0.3) is 0 Å². The Balaban J connectivity index is 1.58. The second kappa shape index (κ2) is 7.33. The van der Waals surface area contributed by atoms with E-state index in [1.165, 1.54) is 0 Å². The molecule has 1 aromatic carbocycles. The van der Waals surface area contributed by atoms with Crippen LogP contribution in [-0.2, 0) is 5.41 Å². The first-order valence-corrected chi connectivity index (χ1v) is 8.81. The third kappa shape index (κ3) is 4.44. The van der Waals surface area contributed by atoms with Gasteiger partial charge in [-0.3, -0.25) is 0 Å². The molecule has 0 saturated carbocycles. The predicted octanol–water partition coefficient (Wildman–Crippen LogP) is 3.67. The van der Waals surface area contributed by atoms with Gasteiger partial charge in [0.15, 0.2) is 0 Å². The van der Waals surface area contributed by atoms with Crippen molar-refractivity contribution < 1.29 is 13.9 Å². The summed E-state index contributed by atoms with van der Waals surface area (Å²) in [5.41, 5.74) is -0.129. The van der Waals surface area contributed by atoms with E-state index in [9.17, 15) is 0 Å². The van der Waals surface area contributed by atoms with Crippen LogP contribution >= 0.6 is 0 Å². The third-order valence-electron chi connectivity index (χ3n) is 4.37. The molecule has 0 radical (unpaired) electrons. The lowest BCUT2D eigenvalue weighted by Crippen LogP contribution is -2.38. The number of nitrogens with zero attached hydrogens (tertiary/aromatic N) is 3. The van der Waals surface area contributed by atoms with Gasteiger partial charge in [0, 0.05) is 30.5 Å². The van der Waals surface area contributed by atoms with Crippen LogP contribution in [0.4, 0.5) is 6.01 Å². The number of ether oxygens (including phenoxy) is 2. The summed E-state index contributed by atoms with van der Waals surface area (Å²) in [6, 6.07) is 8.34. The number of rotatable bonds is 5. The Morgan fingerprint density at radius 2 is 2.04 bits per heavy atom. The standard InChI is InChI=1S/C19H27N3O3/c1-19(2,3)17-20-21-18(25-17)22-10-6-7-14(12-22)13-24-16-9-5-8-15(11-16)23-4/h5,8-9,11,14H,6-7,10,12-13H2,1-4H3/t14-/m1/s1. The summed E-state index contributed by atoms with van der Waals surface area (Å²) in [5.74, 6) is 2.76. The van der Waals surface area contributed by atoms with Crippen LogP contribution in [0, 0.1) is 5.92 Å². The van der Waals surface area contributed by atoms with Crippen LogP contribution in [0.25, 0.3) is 0 Å². The topological polar surface area (TPSA) is 60.6 Å². The summed E-state index contributed by atoms with van der Waals surface area (Å²) >= 11 is 0. The molecule has 136 valence electrons. The van der Waals surface area contributed by atoms with Crippen molar-refractivity contribution in [2.45, 2.75) is 39.0 Å². The summed E-state index contributed by atoms with van der Waals surface area (Å²) in [4.78, 5) is 2.17. The molecule has 1 fully saturated rings. The van der Waals surface area contributed by atoms with Crippen molar-refractivity contribution in [1.82, 2.24) is 10.2 Å². The Bertz CT molecular complexity index is 693. The molecule has 1 aliphatic heterocycles. The molecule has 0 aliphatic carbocycles. The minimum atomic E-state index is -0.129. The van der Waals surface area contributed by atoms with E-state index in [1.807, 2.05) is 24.3 Å². The Hall–Kier alpha value is -2.24.